The van der Waals surface area contributed by atoms with E-state index in [0.717, 1.165) is 29.9 Å². The molecule has 2 heterocycles. The third kappa shape index (κ3) is 5.35. The molecule has 1 amide bonds. The van der Waals surface area contributed by atoms with Crippen LogP contribution >= 0.6 is 11.8 Å². The Balaban J connectivity index is 1.67. The molecule has 0 fully saturated rings. The van der Waals surface area contributed by atoms with Gasteiger partial charge >= 0.3 is 5.69 Å². The first kappa shape index (κ1) is 21.3. The first-order chi connectivity index (χ1) is 14.0. The average molecular weight is 421 g/mol. The van der Waals surface area contributed by atoms with Crippen molar-refractivity contribution in [2.24, 2.45) is 5.92 Å². The minimum absolute atomic E-state index is 0.112. The van der Waals surface area contributed by atoms with E-state index in [4.69, 9.17) is 9.47 Å². The Bertz CT molecular complexity index is 893. The molecule has 1 aromatic carbocycles. The van der Waals surface area contributed by atoms with E-state index in [0.29, 0.717) is 24.9 Å². The Hall–Kier alpha value is -2.42. The van der Waals surface area contributed by atoms with E-state index >= 15 is 0 Å². The van der Waals surface area contributed by atoms with Crippen molar-refractivity contribution in [1.82, 2.24) is 20.1 Å². The van der Waals surface area contributed by atoms with Crippen LogP contribution in [0.15, 0.2) is 28.2 Å². The quantitative estimate of drug-likeness (QED) is 0.637. The SMILES string of the molecule is CCCn1c(SCC(=O)NC(c2ccc3c(c2)OCCCO3)C(C)C)n[nH]c1=O. The fraction of sp³-hybridized carbons (Fsp3) is 0.550. The van der Waals surface area contributed by atoms with Gasteiger partial charge in [0.05, 0.1) is 25.0 Å². The second-order valence-electron chi connectivity index (χ2n) is 7.30. The number of carbonyl (C=O) groups is 1. The molecule has 0 spiro atoms. The third-order valence-electron chi connectivity index (χ3n) is 4.62. The zero-order valence-corrected chi connectivity index (χ0v) is 17.9. The molecule has 1 unspecified atom stereocenters. The number of rotatable bonds is 8. The number of carbonyl (C=O) groups excluding carboxylic acids is 1. The number of benzene rings is 1. The molecular weight excluding hydrogens is 392 g/mol. The summed E-state index contributed by atoms with van der Waals surface area (Å²) in [6.07, 6.45) is 1.67. The monoisotopic (exact) mass is 420 g/mol. The average Bonchev–Trinajstić information content (AvgIpc) is 2.90. The van der Waals surface area contributed by atoms with E-state index < -0.39 is 0 Å². The smallest absolute Gasteiger partial charge is 0.343 e. The maximum absolute atomic E-state index is 12.6. The number of hydrogen-bond donors (Lipinski definition) is 2. The van der Waals surface area contributed by atoms with Crippen LogP contribution in [0.25, 0.3) is 0 Å². The van der Waals surface area contributed by atoms with Crippen LogP contribution in [0.3, 0.4) is 0 Å². The lowest BCUT2D eigenvalue weighted by atomic mass is 9.95. The fourth-order valence-corrected chi connectivity index (χ4v) is 3.97. The Morgan fingerprint density at radius 2 is 2.07 bits per heavy atom. The van der Waals surface area contributed by atoms with E-state index in [-0.39, 0.29) is 29.3 Å². The number of amides is 1. The number of thioether (sulfide) groups is 1. The molecule has 2 N–H and O–H groups in total. The predicted molar refractivity (Wildman–Crippen MR) is 112 cm³/mol. The highest BCUT2D eigenvalue weighted by Crippen LogP contribution is 2.34. The lowest BCUT2D eigenvalue weighted by molar-refractivity contribution is -0.119. The van der Waals surface area contributed by atoms with Crippen molar-refractivity contribution in [3.63, 3.8) is 0 Å². The van der Waals surface area contributed by atoms with Crippen molar-refractivity contribution < 1.29 is 14.3 Å². The summed E-state index contributed by atoms with van der Waals surface area (Å²) in [6.45, 7) is 7.95. The number of aromatic nitrogens is 3. The van der Waals surface area contributed by atoms with Gasteiger partial charge in [-0.1, -0.05) is 38.6 Å². The number of hydrogen-bond acceptors (Lipinski definition) is 6. The Labute approximate surface area is 174 Å². The summed E-state index contributed by atoms with van der Waals surface area (Å²) in [5, 5.41) is 10.1. The highest BCUT2D eigenvalue weighted by atomic mass is 32.2. The molecule has 1 aliphatic rings. The van der Waals surface area contributed by atoms with Gasteiger partial charge in [0.2, 0.25) is 5.91 Å². The predicted octanol–water partition coefficient (Wildman–Crippen LogP) is 2.75. The lowest BCUT2D eigenvalue weighted by Crippen LogP contribution is -2.33. The van der Waals surface area contributed by atoms with E-state index in [1.54, 1.807) is 4.57 Å². The summed E-state index contributed by atoms with van der Waals surface area (Å²) in [6, 6.07) is 5.67. The van der Waals surface area contributed by atoms with Crippen molar-refractivity contribution in [3.8, 4) is 11.5 Å². The standard InChI is InChI=1S/C20H28N4O4S/c1-4-8-24-19(26)22-23-20(24)29-12-17(25)21-18(13(2)3)14-6-7-15-16(11-14)28-10-5-9-27-15/h6-7,11,13,18H,4-5,8-10,12H2,1-3H3,(H,21,25)(H,22,26). The van der Waals surface area contributed by atoms with E-state index in [2.05, 4.69) is 29.4 Å². The topological polar surface area (TPSA) is 98.2 Å². The first-order valence-electron chi connectivity index (χ1n) is 9.96. The summed E-state index contributed by atoms with van der Waals surface area (Å²) in [5.74, 6) is 1.72. The molecule has 3 rings (SSSR count). The molecule has 8 nitrogen and oxygen atoms in total. The minimum Gasteiger partial charge on any atom is -0.490 e. The van der Waals surface area contributed by atoms with Crippen molar-refractivity contribution in [2.45, 2.75) is 51.4 Å². The molecule has 0 bridgehead atoms. The highest BCUT2D eigenvalue weighted by Gasteiger charge is 2.21. The number of aromatic amines is 1. The number of fused-ring (bicyclic) bond motifs is 1. The Kier molecular flexibility index (Phi) is 7.24. The molecule has 0 radical (unpaired) electrons. The van der Waals surface area contributed by atoms with Crippen LogP contribution in [-0.2, 0) is 11.3 Å². The van der Waals surface area contributed by atoms with Crippen LogP contribution in [0.4, 0.5) is 0 Å². The lowest BCUT2D eigenvalue weighted by Gasteiger charge is -2.24. The molecule has 1 atom stereocenters. The van der Waals surface area contributed by atoms with Gasteiger partial charge in [0.25, 0.3) is 0 Å². The number of nitrogens with zero attached hydrogens (tertiary/aromatic N) is 2. The zero-order chi connectivity index (χ0) is 20.8. The maximum atomic E-state index is 12.6. The molecular formula is C20H28N4O4S. The summed E-state index contributed by atoms with van der Waals surface area (Å²) < 4.78 is 13.0. The van der Waals surface area contributed by atoms with Gasteiger partial charge < -0.3 is 14.8 Å². The number of nitrogens with one attached hydrogen (secondary N) is 2. The summed E-state index contributed by atoms with van der Waals surface area (Å²) in [7, 11) is 0. The van der Waals surface area contributed by atoms with E-state index in [1.165, 1.54) is 11.8 Å². The third-order valence-corrected chi connectivity index (χ3v) is 5.59. The second kappa shape index (κ2) is 9.87. The van der Waals surface area contributed by atoms with Crippen molar-refractivity contribution >= 4 is 17.7 Å². The Morgan fingerprint density at radius 3 is 2.79 bits per heavy atom. The van der Waals surface area contributed by atoms with Gasteiger partial charge in [-0.25, -0.2) is 9.89 Å². The molecule has 0 saturated heterocycles. The van der Waals surface area contributed by atoms with Gasteiger partial charge in [0.15, 0.2) is 16.7 Å². The van der Waals surface area contributed by atoms with Gasteiger partial charge in [0.1, 0.15) is 0 Å². The van der Waals surface area contributed by atoms with Crippen LogP contribution in [0, 0.1) is 5.92 Å². The summed E-state index contributed by atoms with van der Waals surface area (Å²) >= 11 is 1.25. The first-order valence-corrected chi connectivity index (χ1v) is 10.9. The van der Waals surface area contributed by atoms with Crippen molar-refractivity contribution in [2.75, 3.05) is 19.0 Å². The minimum atomic E-state index is -0.248. The molecule has 2 aromatic rings. The highest BCUT2D eigenvalue weighted by molar-refractivity contribution is 7.99. The van der Waals surface area contributed by atoms with Gasteiger partial charge in [0, 0.05) is 13.0 Å². The molecule has 1 aliphatic heterocycles. The van der Waals surface area contributed by atoms with Crippen molar-refractivity contribution in [1.29, 1.82) is 0 Å². The fourth-order valence-electron chi connectivity index (χ4n) is 3.19. The van der Waals surface area contributed by atoms with Gasteiger partial charge in [-0.15, -0.1) is 5.10 Å². The molecule has 1 aromatic heterocycles. The van der Waals surface area contributed by atoms with Crippen LogP contribution in [0.5, 0.6) is 11.5 Å². The second-order valence-corrected chi connectivity index (χ2v) is 8.24. The van der Waals surface area contributed by atoms with E-state index in [1.807, 2.05) is 25.1 Å². The summed E-state index contributed by atoms with van der Waals surface area (Å²) in [4.78, 5) is 24.4. The van der Waals surface area contributed by atoms with Crippen LogP contribution in [0.2, 0.25) is 0 Å². The molecule has 0 saturated carbocycles. The van der Waals surface area contributed by atoms with Crippen LogP contribution < -0.4 is 20.5 Å². The Morgan fingerprint density at radius 1 is 1.31 bits per heavy atom. The van der Waals surface area contributed by atoms with E-state index in [9.17, 15) is 9.59 Å². The molecule has 9 heteroatoms. The maximum Gasteiger partial charge on any atom is 0.343 e. The van der Waals surface area contributed by atoms with Crippen molar-refractivity contribution in [3.05, 3.63) is 34.2 Å². The molecule has 0 aliphatic carbocycles. The number of H-pyrrole nitrogens is 1. The largest absolute Gasteiger partial charge is 0.490 e. The van der Waals surface area contributed by atoms with Crippen LogP contribution in [-0.4, -0.2) is 39.6 Å². The summed E-state index contributed by atoms with van der Waals surface area (Å²) in [5.41, 5.74) is 0.729. The normalized spacial score (nSPS) is 14.5. The van der Waals surface area contributed by atoms with Gasteiger partial charge in [-0.3, -0.25) is 9.36 Å². The molecule has 158 valence electrons. The van der Waals surface area contributed by atoms with Gasteiger partial charge in [-0.05, 0) is 30.0 Å². The molecule has 29 heavy (non-hydrogen) atoms. The zero-order valence-electron chi connectivity index (χ0n) is 17.1. The van der Waals surface area contributed by atoms with Gasteiger partial charge in [-0.2, -0.15) is 0 Å². The number of ether oxygens (including phenoxy) is 2. The van der Waals surface area contributed by atoms with Crippen LogP contribution in [0.1, 0.15) is 45.2 Å².